The van der Waals surface area contributed by atoms with Crippen LogP contribution in [0.1, 0.15) is 24.6 Å². The lowest BCUT2D eigenvalue weighted by molar-refractivity contribution is 0.632. The van der Waals surface area contributed by atoms with Crippen molar-refractivity contribution in [1.82, 2.24) is 24.9 Å². The van der Waals surface area contributed by atoms with Gasteiger partial charge < -0.3 is 9.80 Å². The van der Waals surface area contributed by atoms with E-state index in [0.29, 0.717) is 5.92 Å². The summed E-state index contributed by atoms with van der Waals surface area (Å²) in [5.41, 5.74) is 1.72. The highest BCUT2D eigenvalue weighted by Gasteiger charge is 2.27. The Morgan fingerprint density at radius 1 is 0.704 bits per heavy atom. The lowest BCUT2D eigenvalue weighted by Crippen LogP contribution is -2.47. The molecule has 0 aromatic carbocycles. The van der Waals surface area contributed by atoms with Crippen LogP contribution in [0.5, 0.6) is 0 Å². The second-order valence-corrected chi connectivity index (χ2v) is 6.98. The summed E-state index contributed by atoms with van der Waals surface area (Å²) < 4.78 is 0. The molecule has 1 aliphatic carbocycles. The van der Waals surface area contributed by atoms with E-state index < -0.39 is 0 Å². The van der Waals surface area contributed by atoms with E-state index >= 15 is 0 Å². The lowest BCUT2D eigenvalue weighted by Gasteiger charge is -2.35. The summed E-state index contributed by atoms with van der Waals surface area (Å²) in [5.74, 6) is 3.38. The third kappa shape index (κ3) is 3.45. The van der Waals surface area contributed by atoms with Gasteiger partial charge in [-0.1, -0.05) is 6.07 Å². The Morgan fingerprint density at radius 2 is 1.52 bits per heavy atom. The molecule has 5 rings (SSSR count). The van der Waals surface area contributed by atoms with Crippen molar-refractivity contribution in [3.8, 4) is 11.4 Å². The first kappa shape index (κ1) is 16.1. The van der Waals surface area contributed by atoms with Gasteiger partial charge in [-0.05, 0) is 37.1 Å². The fourth-order valence-corrected chi connectivity index (χ4v) is 3.37. The first-order valence-corrected chi connectivity index (χ1v) is 9.44. The van der Waals surface area contributed by atoms with E-state index in [2.05, 4.69) is 24.8 Å². The molecule has 0 amide bonds. The molecule has 0 bridgehead atoms. The Hall–Kier alpha value is -3.09. The van der Waals surface area contributed by atoms with E-state index in [1.54, 1.807) is 6.20 Å². The van der Waals surface area contributed by atoms with Gasteiger partial charge in [0.1, 0.15) is 11.6 Å². The molecule has 2 fully saturated rings. The van der Waals surface area contributed by atoms with Crippen molar-refractivity contribution in [1.29, 1.82) is 0 Å². The normalized spacial score (nSPS) is 17.2. The summed E-state index contributed by atoms with van der Waals surface area (Å²) in [6.07, 6.45) is 7.93. The summed E-state index contributed by atoms with van der Waals surface area (Å²) in [7, 11) is 0. The number of anilines is 2. The van der Waals surface area contributed by atoms with Crippen LogP contribution in [-0.2, 0) is 0 Å². The number of nitrogens with zero attached hydrogens (tertiary/aromatic N) is 7. The van der Waals surface area contributed by atoms with Crippen molar-refractivity contribution in [3.63, 3.8) is 0 Å². The highest BCUT2D eigenvalue weighted by Crippen LogP contribution is 2.38. The average Bonchev–Trinajstić information content (AvgIpc) is 3.60. The molecule has 0 radical (unpaired) electrons. The highest BCUT2D eigenvalue weighted by molar-refractivity contribution is 5.55. The third-order valence-electron chi connectivity index (χ3n) is 5.06. The summed E-state index contributed by atoms with van der Waals surface area (Å²) in [5, 5.41) is 0. The monoisotopic (exact) mass is 359 g/mol. The zero-order valence-corrected chi connectivity index (χ0v) is 15.1. The Kier molecular flexibility index (Phi) is 4.12. The molecule has 1 saturated carbocycles. The Labute approximate surface area is 158 Å². The molecule has 0 spiro atoms. The Morgan fingerprint density at radius 3 is 2.30 bits per heavy atom. The first-order valence-electron chi connectivity index (χ1n) is 9.44. The molecule has 0 N–H and O–H groups in total. The molecule has 3 aromatic heterocycles. The Bertz CT molecular complexity index is 918. The molecule has 7 heteroatoms. The molecule has 3 aromatic rings. The molecule has 4 heterocycles. The second-order valence-electron chi connectivity index (χ2n) is 6.98. The predicted molar refractivity (Wildman–Crippen MR) is 104 cm³/mol. The van der Waals surface area contributed by atoms with Crippen LogP contribution in [0.25, 0.3) is 11.4 Å². The molecule has 2 aliphatic rings. The standard InChI is InChI=1S/C20H21N7/c1-2-8-21-16(3-1)17-6-9-23-20(24-17)27-13-11-26(12-14-27)18-7-10-22-19(25-18)15-4-5-15/h1-3,6-10,15H,4-5,11-14H2. The van der Waals surface area contributed by atoms with Crippen molar-refractivity contribution < 1.29 is 0 Å². The van der Waals surface area contributed by atoms with Crippen LogP contribution in [-0.4, -0.2) is 51.1 Å². The zero-order chi connectivity index (χ0) is 18.1. The minimum Gasteiger partial charge on any atom is -0.353 e. The molecule has 27 heavy (non-hydrogen) atoms. The maximum Gasteiger partial charge on any atom is 0.226 e. The maximum absolute atomic E-state index is 4.77. The van der Waals surface area contributed by atoms with Gasteiger partial charge >= 0.3 is 0 Å². The predicted octanol–water partition coefficient (Wildman–Crippen LogP) is 2.53. The van der Waals surface area contributed by atoms with Crippen molar-refractivity contribution in [2.45, 2.75) is 18.8 Å². The minimum atomic E-state index is 0.578. The fraction of sp³-hybridized carbons (Fsp3) is 0.350. The van der Waals surface area contributed by atoms with E-state index in [0.717, 1.165) is 55.2 Å². The number of aromatic nitrogens is 5. The molecule has 0 unspecified atom stereocenters. The average molecular weight is 359 g/mol. The molecule has 1 saturated heterocycles. The fourth-order valence-electron chi connectivity index (χ4n) is 3.37. The van der Waals surface area contributed by atoms with Gasteiger partial charge in [-0.25, -0.2) is 19.9 Å². The third-order valence-corrected chi connectivity index (χ3v) is 5.06. The van der Waals surface area contributed by atoms with Crippen LogP contribution < -0.4 is 9.80 Å². The van der Waals surface area contributed by atoms with E-state index in [1.165, 1.54) is 12.8 Å². The van der Waals surface area contributed by atoms with Crippen LogP contribution in [0.2, 0.25) is 0 Å². The van der Waals surface area contributed by atoms with Crippen LogP contribution in [0, 0.1) is 0 Å². The van der Waals surface area contributed by atoms with Gasteiger partial charge in [0.15, 0.2) is 0 Å². The zero-order valence-electron chi connectivity index (χ0n) is 15.1. The second kappa shape index (κ2) is 6.90. The molecule has 0 atom stereocenters. The van der Waals surface area contributed by atoms with E-state index in [1.807, 2.05) is 42.7 Å². The lowest BCUT2D eigenvalue weighted by atomic mass is 10.2. The summed E-state index contributed by atoms with van der Waals surface area (Å²) in [6.45, 7) is 3.54. The van der Waals surface area contributed by atoms with E-state index in [4.69, 9.17) is 9.97 Å². The number of rotatable bonds is 4. The number of hydrogen-bond donors (Lipinski definition) is 0. The number of piperazine rings is 1. The molecular weight excluding hydrogens is 338 g/mol. The number of pyridine rings is 1. The van der Waals surface area contributed by atoms with Crippen molar-refractivity contribution in [3.05, 3.63) is 54.7 Å². The quantitative estimate of drug-likeness (QED) is 0.709. The van der Waals surface area contributed by atoms with E-state index in [9.17, 15) is 0 Å². The maximum atomic E-state index is 4.77. The smallest absolute Gasteiger partial charge is 0.226 e. The van der Waals surface area contributed by atoms with Gasteiger partial charge in [0.05, 0.1) is 11.4 Å². The van der Waals surface area contributed by atoms with E-state index in [-0.39, 0.29) is 0 Å². The van der Waals surface area contributed by atoms with Gasteiger partial charge in [0, 0.05) is 50.7 Å². The van der Waals surface area contributed by atoms with Crippen molar-refractivity contribution in [2.75, 3.05) is 36.0 Å². The van der Waals surface area contributed by atoms with Gasteiger partial charge in [-0.3, -0.25) is 4.98 Å². The van der Waals surface area contributed by atoms with Crippen LogP contribution in [0.15, 0.2) is 48.9 Å². The van der Waals surface area contributed by atoms with Crippen LogP contribution in [0.4, 0.5) is 11.8 Å². The van der Waals surface area contributed by atoms with Crippen molar-refractivity contribution >= 4 is 11.8 Å². The van der Waals surface area contributed by atoms with Gasteiger partial charge in [0.25, 0.3) is 0 Å². The summed E-state index contributed by atoms with van der Waals surface area (Å²) in [6, 6.07) is 9.77. The summed E-state index contributed by atoms with van der Waals surface area (Å²) >= 11 is 0. The van der Waals surface area contributed by atoms with Crippen LogP contribution in [0.3, 0.4) is 0 Å². The van der Waals surface area contributed by atoms with Gasteiger partial charge in [-0.2, -0.15) is 0 Å². The van der Waals surface area contributed by atoms with Crippen LogP contribution >= 0.6 is 0 Å². The topological polar surface area (TPSA) is 70.9 Å². The molecule has 7 nitrogen and oxygen atoms in total. The minimum absolute atomic E-state index is 0.578. The van der Waals surface area contributed by atoms with Gasteiger partial charge in [-0.15, -0.1) is 0 Å². The number of hydrogen-bond acceptors (Lipinski definition) is 7. The highest BCUT2D eigenvalue weighted by atomic mass is 15.3. The molecule has 136 valence electrons. The molecule has 1 aliphatic heterocycles. The SMILES string of the molecule is c1ccc(-c2ccnc(N3CCN(c4ccnc(C5CC5)n4)CC3)n2)nc1. The van der Waals surface area contributed by atoms with Gasteiger partial charge in [0.2, 0.25) is 5.95 Å². The summed E-state index contributed by atoms with van der Waals surface area (Å²) in [4.78, 5) is 27.3. The first-order chi connectivity index (χ1) is 13.4. The van der Waals surface area contributed by atoms with Crippen molar-refractivity contribution in [2.24, 2.45) is 0 Å². The molecular formula is C20H21N7. The Balaban J connectivity index is 1.29. The largest absolute Gasteiger partial charge is 0.353 e.